The van der Waals surface area contributed by atoms with Crippen molar-refractivity contribution in [2.45, 2.75) is 19.9 Å². The van der Waals surface area contributed by atoms with E-state index in [0.29, 0.717) is 5.69 Å². The van der Waals surface area contributed by atoms with Crippen LogP contribution < -0.4 is 5.32 Å². The molecule has 0 saturated carbocycles. The quantitative estimate of drug-likeness (QED) is 0.804. The minimum absolute atomic E-state index is 0.0815. The van der Waals surface area contributed by atoms with E-state index < -0.39 is 0 Å². The number of benzene rings is 2. The number of amides is 1. The van der Waals surface area contributed by atoms with E-state index in [0.717, 1.165) is 22.2 Å². The number of carbonyl (C=O) groups is 1. The Bertz CT molecular complexity index is 829. The van der Waals surface area contributed by atoms with Gasteiger partial charge in [-0.1, -0.05) is 36.4 Å². The molecule has 110 valence electrons. The first-order chi connectivity index (χ1) is 10.6. The van der Waals surface area contributed by atoms with Gasteiger partial charge in [0.15, 0.2) is 0 Å². The fourth-order valence-electron chi connectivity index (χ4n) is 2.49. The first-order valence-corrected chi connectivity index (χ1v) is 7.23. The molecule has 1 amide bonds. The molecule has 1 unspecified atom stereocenters. The van der Waals surface area contributed by atoms with Gasteiger partial charge >= 0.3 is 0 Å². The summed E-state index contributed by atoms with van der Waals surface area (Å²) in [6.07, 6.45) is 1.52. The molecular formula is C18H17N3O. The zero-order valence-electron chi connectivity index (χ0n) is 12.6. The summed E-state index contributed by atoms with van der Waals surface area (Å²) in [5, 5.41) is 2.98. The van der Waals surface area contributed by atoms with Crippen LogP contribution in [0.4, 0.5) is 0 Å². The smallest absolute Gasteiger partial charge is 0.271 e. The minimum atomic E-state index is -0.214. The molecule has 2 aromatic carbocycles. The second kappa shape index (κ2) is 5.93. The van der Waals surface area contributed by atoms with Crippen molar-refractivity contribution in [2.75, 3.05) is 0 Å². The number of nitrogens with zero attached hydrogens (tertiary/aromatic N) is 2. The van der Waals surface area contributed by atoms with E-state index in [2.05, 4.69) is 15.3 Å². The lowest BCUT2D eigenvalue weighted by molar-refractivity contribution is 0.0935. The first-order valence-electron chi connectivity index (χ1n) is 7.23. The van der Waals surface area contributed by atoms with Gasteiger partial charge in [-0.25, -0.2) is 4.98 Å². The summed E-state index contributed by atoms with van der Waals surface area (Å²) in [5.41, 5.74) is 4.09. The molecule has 3 rings (SSSR count). The van der Waals surface area contributed by atoms with Crippen molar-refractivity contribution < 1.29 is 4.79 Å². The molecule has 1 aromatic heterocycles. The Balaban J connectivity index is 1.82. The standard InChI is InChI=1S/C18H17N3O/c1-12-7-3-4-8-14(12)13(2)20-18(22)17-11-19-15-9-5-6-10-16(15)21-17/h3-11,13H,1-2H3,(H,20,22). The van der Waals surface area contributed by atoms with E-state index in [1.54, 1.807) is 0 Å². The van der Waals surface area contributed by atoms with Crippen LogP contribution in [0.25, 0.3) is 11.0 Å². The molecule has 0 bridgehead atoms. The number of nitrogens with one attached hydrogen (secondary N) is 1. The molecule has 0 spiro atoms. The van der Waals surface area contributed by atoms with Crippen LogP contribution in [0.15, 0.2) is 54.7 Å². The average molecular weight is 291 g/mol. The van der Waals surface area contributed by atoms with Crippen LogP contribution in [-0.4, -0.2) is 15.9 Å². The zero-order chi connectivity index (χ0) is 15.5. The highest BCUT2D eigenvalue weighted by atomic mass is 16.1. The zero-order valence-corrected chi connectivity index (χ0v) is 12.6. The lowest BCUT2D eigenvalue weighted by Crippen LogP contribution is -2.28. The second-order valence-electron chi connectivity index (χ2n) is 5.30. The highest BCUT2D eigenvalue weighted by Crippen LogP contribution is 2.17. The number of fused-ring (bicyclic) bond motifs is 1. The molecular weight excluding hydrogens is 274 g/mol. The molecule has 22 heavy (non-hydrogen) atoms. The fraction of sp³-hybridized carbons (Fsp3) is 0.167. The number of aromatic nitrogens is 2. The van der Waals surface area contributed by atoms with Gasteiger partial charge in [0.2, 0.25) is 0 Å². The Morgan fingerprint density at radius 1 is 1.05 bits per heavy atom. The molecule has 0 radical (unpaired) electrons. The maximum absolute atomic E-state index is 12.4. The van der Waals surface area contributed by atoms with Crippen molar-refractivity contribution in [3.63, 3.8) is 0 Å². The third-order valence-corrected chi connectivity index (χ3v) is 3.68. The number of hydrogen-bond acceptors (Lipinski definition) is 3. The molecule has 0 saturated heterocycles. The van der Waals surface area contributed by atoms with E-state index in [-0.39, 0.29) is 11.9 Å². The van der Waals surface area contributed by atoms with Gasteiger partial charge < -0.3 is 5.32 Å². The van der Waals surface area contributed by atoms with Crippen molar-refractivity contribution in [1.29, 1.82) is 0 Å². The third kappa shape index (κ3) is 2.81. The van der Waals surface area contributed by atoms with E-state index in [9.17, 15) is 4.79 Å². The number of para-hydroxylation sites is 2. The van der Waals surface area contributed by atoms with Gasteiger partial charge in [-0.3, -0.25) is 9.78 Å². The summed E-state index contributed by atoms with van der Waals surface area (Å²) < 4.78 is 0. The van der Waals surface area contributed by atoms with Crippen LogP contribution in [-0.2, 0) is 0 Å². The number of carbonyl (C=O) groups excluding carboxylic acids is 1. The molecule has 1 N–H and O–H groups in total. The van der Waals surface area contributed by atoms with Gasteiger partial charge in [0.05, 0.1) is 23.3 Å². The van der Waals surface area contributed by atoms with Crippen molar-refractivity contribution in [2.24, 2.45) is 0 Å². The number of rotatable bonds is 3. The van der Waals surface area contributed by atoms with E-state index in [1.807, 2.05) is 62.4 Å². The predicted octanol–water partition coefficient (Wildman–Crippen LogP) is 3.43. The molecule has 1 atom stereocenters. The largest absolute Gasteiger partial charge is 0.344 e. The van der Waals surface area contributed by atoms with Crippen molar-refractivity contribution in [3.05, 3.63) is 71.5 Å². The highest BCUT2D eigenvalue weighted by molar-refractivity contribution is 5.94. The van der Waals surface area contributed by atoms with Gasteiger partial charge in [0.25, 0.3) is 5.91 Å². The highest BCUT2D eigenvalue weighted by Gasteiger charge is 2.14. The topological polar surface area (TPSA) is 54.9 Å². The molecule has 0 aliphatic carbocycles. The van der Waals surface area contributed by atoms with Crippen LogP contribution >= 0.6 is 0 Å². The first kappa shape index (κ1) is 14.2. The van der Waals surface area contributed by atoms with Gasteiger partial charge in [0, 0.05) is 0 Å². The van der Waals surface area contributed by atoms with E-state index >= 15 is 0 Å². The molecule has 1 heterocycles. The van der Waals surface area contributed by atoms with E-state index in [1.165, 1.54) is 6.20 Å². The normalized spacial score (nSPS) is 12.1. The van der Waals surface area contributed by atoms with Crippen molar-refractivity contribution in [1.82, 2.24) is 15.3 Å². The second-order valence-corrected chi connectivity index (χ2v) is 5.30. The molecule has 4 nitrogen and oxygen atoms in total. The Kier molecular flexibility index (Phi) is 3.83. The SMILES string of the molecule is Cc1ccccc1C(C)NC(=O)c1cnc2ccccc2n1. The van der Waals surface area contributed by atoms with Crippen LogP contribution in [0.1, 0.15) is 34.6 Å². The fourth-order valence-corrected chi connectivity index (χ4v) is 2.49. The van der Waals surface area contributed by atoms with Crippen LogP contribution in [0, 0.1) is 6.92 Å². The van der Waals surface area contributed by atoms with Crippen molar-refractivity contribution >= 4 is 16.9 Å². The maximum Gasteiger partial charge on any atom is 0.271 e. The summed E-state index contributed by atoms with van der Waals surface area (Å²) in [4.78, 5) is 21.0. The Labute approximate surface area is 129 Å². The summed E-state index contributed by atoms with van der Waals surface area (Å²) in [7, 11) is 0. The Morgan fingerprint density at radius 3 is 2.50 bits per heavy atom. The maximum atomic E-state index is 12.4. The summed E-state index contributed by atoms with van der Waals surface area (Å²) in [6.45, 7) is 4.00. The molecule has 3 aromatic rings. The number of aryl methyl sites for hydroxylation is 1. The van der Waals surface area contributed by atoms with Gasteiger partial charge in [-0.2, -0.15) is 0 Å². The third-order valence-electron chi connectivity index (χ3n) is 3.68. The predicted molar refractivity (Wildman–Crippen MR) is 86.6 cm³/mol. The summed E-state index contributed by atoms with van der Waals surface area (Å²) >= 11 is 0. The lowest BCUT2D eigenvalue weighted by atomic mass is 10.0. The van der Waals surface area contributed by atoms with E-state index in [4.69, 9.17) is 0 Å². The van der Waals surface area contributed by atoms with Gasteiger partial charge in [0.1, 0.15) is 5.69 Å². The Hall–Kier alpha value is -2.75. The number of hydrogen-bond donors (Lipinski definition) is 1. The van der Waals surface area contributed by atoms with Gasteiger partial charge in [-0.05, 0) is 37.1 Å². The van der Waals surface area contributed by atoms with Crippen molar-refractivity contribution in [3.8, 4) is 0 Å². The minimum Gasteiger partial charge on any atom is -0.344 e. The average Bonchev–Trinajstić information content (AvgIpc) is 2.54. The molecule has 0 aliphatic rings. The van der Waals surface area contributed by atoms with Crippen LogP contribution in [0.2, 0.25) is 0 Å². The van der Waals surface area contributed by atoms with Crippen LogP contribution in [0.5, 0.6) is 0 Å². The Morgan fingerprint density at radius 2 is 1.73 bits per heavy atom. The summed E-state index contributed by atoms with van der Waals surface area (Å²) in [5.74, 6) is -0.214. The molecule has 0 fully saturated rings. The lowest BCUT2D eigenvalue weighted by Gasteiger charge is -2.16. The summed E-state index contributed by atoms with van der Waals surface area (Å²) in [6, 6.07) is 15.4. The molecule has 0 aliphatic heterocycles. The van der Waals surface area contributed by atoms with Crippen LogP contribution in [0.3, 0.4) is 0 Å². The monoisotopic (exact) mass is 291 g/mol. The van der Waals surface area contributed by atoms with Gasteiger partial charge in [-0.15, -0.1) is 0 Å². The molecule has 4 heteroatoms.